The quantitative estimate of drug-likeness (QED) is 0.445. The van der Waals surface area contributed by atoms with Crippen LogP contribution in [0.25, 0.3) is 0 Å². The number of hydrogen-bond donors (Lipinski definition) is 1. The Labute approximate surface area is 154 Å². The minimum absolute atomic E-state index is 0.157. The minimum Gasteiger partial charge on any atom is -0.477 e. The fourth-order valence-electron chi connectivity index (χ4n) is 2.90. The Bertz CT molecular complexity index is 551. The Kier molecular flexibility index (Phi) is 8.60. The average molecular weight is 367 g/mol. The fourth-order valence-corrected chi connectivity index (χ4v) is 3.09. The summed E-state index contributed by atoms with van der Waals surface area (Å²) < 4.78 is 5.61. The van der Waals surface area contributed by atoms with E-state index in [4.69, 9.17) is 16.3 Å². The van der Waals surface area contributed by atoms with Gasteiger partial charge in [0.1, 0.15) is 13.2 Å². The van der Waals surface area contributed by atoms with Crippen molar-refractivity contribution in [1.82, 2.24) is 0 Å². The lowest BCUT2D eigenvalue weighted by Crippen LogP contribution is -2.34. The summed E-state index contributed by atoms with van der Waals surface area (Å²) in [5, 5.41) is 9.42. The molecule has 0 fully saturated rings. The van der Waals surface area contributed by atoms with Crippen LogP contribution in [0.2, 0.25) is 0 Å². The molecule has 5 nitrogen and oxygen atoms in total. The zero-order valence-electron chi connectivity index (χ0n) is 14.6. The van der Waals surface area contributed by atoms with Gasteiger partial charge in [-0.25, -0.2) is 9.79 Å². The SMILES string of the molecule is O=C(O)N(CC1=NC(CCCCCCCCCl)CO1)c1ccccc1. The molecule has 1 N–H and O–H groups in total. The average Bonchev–Trinajstić information content (AvgIpc) is 3.07. The van der Waals surface area contributed by atoms with Crippen LogP contribution in [0, 0.1) is 0 Å². The number of carbonyl (C=O) groups is 1. The number of benzene rings is 1. The first-order valence-electron chi connectivity index (χ1n) is 9.01. The maximum Gasteiger partial charge on any atom is 0.412 e. The van der Waals surface area contributed by atoms with Crippen molar-refractivity contribution >= 4 is 29.3 Å². The number of carboxylic acid groups (broad SMARTS) is 1. The lowest BCUT2D eigenvalue weighted by Gasteiger charge is -2.18. The van der Waals surface area contributed by atoms with Gasteiger partial charge in [-0.15, -0.1) is 11.6 Å². The van der Waals surface area contributed by atoms with Crippen LogP contribution in [-0.2, 0) is 4.74 Å². The summed E-state index contributed by atoms with van der Waals surface area (Å²) >= 11 is 5.67. The van der Waals surface area contributed by atoms with Gasteiger partial charge in [0, 0.05) is 11.6 Å². The molecule has 1 unspecified atom stereocenters. The predicted octanol–water partition coefficient (Wildman–Crippen LogP) is 4.94. The number of para-hydroxylation sites is 1. The summed E-state index contributed by atoms with van der Waals surface area (Å²) in [4.78, 5) is 17.3. The lowest BCUT2D eigenvalue weighted by molar-refractivity contribution is 0.202. The van der Waals surface area contributed by atoms with E-state index in [2.05, 4.69) is 4.99 Å². The molecule has 6 heteroatoms. The molecule has 1 aromatic rings. The minimum atomic E-state index is -1.00. The highest BCUT2D eigenvalue weighted by Crippen LogP contribution is 2.18. The zero-order chi connectivity index (χ0) is 17.9. The third-order valence-corrected chi connectivity index (χ3v) is 4.55. The molecule has 0 aliphatic carbocycles. The van der Waals surface area contributed by atoms with Gasteiger partial charge in [0.25, 0.3) is 0 Å². The Hall–Kier alpha value is -1.75. The Balaban J connectivity index is 1.74. The first-order chi connectivity index (χ1) is 12.2. The van der Waals surface area contributed by atoms with E-state index in [1.165, 1.54) is 30.6 Å². The topological polar surface area (TPSA) is 62.1 Å². The molecule has 2 rings (SSSR count). The maximum absolute atomic E-state index is 11.5. The summed E-state index contributed by atoms with van der Waals surface area (Å²) in [7, 11) is 0. The van der Waals surface area contributed by atoms with E-state index >= 15 is 0 Å². The number of halogens is 1. The number of alkyl halides is 1. The van der Waals surface area contributed by atoms with Crippen LogP contribution in [0.4, 0.5) is 10.5 Å². The lowest BCUT2D eigenvalue weighted by atomic mass is 10.1. The number of aliphatic imine (C=N–C) groups is 1. The molecule has 0 aromatic heterocycles. The normalized spacial score (nSPS) is 16.4. The van der Waals surface area contributed by atoms with Gasteiger partial charge in [-0.2, -0.15) is 0 Å². The Morgan fingerprint density at radius 3 is 2.52 bits per heavy atom. The predicted molar refractivity (Wildman–Crippen MR) is 102 cm³/mol. The molecule has 1 amide bonds. The Morgan fingerprint density at radius 2 is 1.84 bits per heavy atom. The molecule has 138 valence electrons. The van der Waals surface area contributed by atoms with Crippen molar-refractivity contribution in [2.75, 3.05) is 23.9 Å². The van der Waals surface area contributed by atoms with Crippen LogP contribution in [0.1, 0.15) is 44.9 Å². The van der Waals surface area contributed by atoms with Crippen LogP contribution in [0.5, 0.6) is 0 Å². The second-order valence-corrected chi connectivity index (χ2v) is 6.67. The number of unbranched alkanes of at least 4 members (excludes halogenated alkanes) is 5. The maximum atomic E-state index is 11.5. The van der Waals surface area contributed by atoms with Gasteiger partial charge in [0.05, 0.1) is 6.04 Å². The number of ether oxygens (including phenoxy) is 1. The smallest absolute Gasteiger partial charge is 0.412 e. The van der Waals surface area contributed by atoms with Gasteiger partial charge < -0.3 is 9.84 Å². The third-order valence-electron chi connectivity index (χ3n) is 4.28. The standard InChI is InChI=1S/C19H27ClN2O3/c20-13-9-4-2-1-3-6-10-16-15-25-18(21-16)14-22(19(23)24)17-11-7-5-8-12-17/h5,7-8,11-12,16H,1-4,6,9-10,13-15H2,(H,23,24). The summed E-state index contributed by atoms with van der Waals surface area (Å²) in [6.45, 7) is 0.720. The van der Waals surface area contributed by atoms with Crippen molar-refractivity contribution in [3.8, 4) is 0 Å². The van der Waals surface area contributed by atoms with Crippen molar-refractivity contribution in [2.45, 2.75) is 51.0 Å². The molecule has 25 heavy (non-hydrogen) atoms. The van der Waals surface area contributed by atoms with Crippen LogP contribution < -0.4 is 4.90 Å². The molecule has 1 aliphatic rings. The molecular formula is C19H27ClN2O3. The molecular weight excluding hydrogens is 340 g/mol. The van der Waals surface area contributed by atoms with E-state index in [-0.39, 0.29) is 12.6 Å². The van der Waals surface area contributed by atoms with Gasteiger partial charge in [0.2, 0.25) is 5.90 Å². The van der Waals surface area contributed by atoms with Gasteiger partial charge >= 0.3 is 6.09 Å². The highest BCUT2D eigenvalue weighted by atomic mass is 35.5. The summed E-state index contributed by atoms with van der Waals surface area (Å²) in [6, 6.07) is 9.19. The number of amides is 1. The van der Waals surface area contributed by atoms with Gasteiger partial charge in [-0.3, -0.25) is 4.90 Å². The second kappa shape index (κ2) is 11.0. The van der Waals surface area contributed by atoms with E-state index in [0.717, 1.165) is 25.1 Å². The van der Waals surface area contributed by atoms with E-state index in [1.807, 2.05) is 18.2 Å². The number of nitrogens with zero attached hydrogens (tertiary/aromatic N) is 2. The zero-order valence-corrected chi connectivity index (χ0v) is 15.3. The van der Waals surface area contributed by atoms with Crippen LogP contribution in [0.15, 0.2) is 35.3 Å². The van der Waals surface area contributed by atoms with Crippen LogP contribution >= 0.6 is 11.6 Å². The largest absolute Gasteiger partial charge is 0.477 e. The fraction of sp³-hybridized carbons (Fsp3) is 0.579. The molecule has 0 saturated carbocycles. The van der Waals surface area contributed by atoms with Gasteiger partial charge in [-0.05, 0) is 25.0 Å². The summed E-state index contributed by atoms with van der Waals surface area (Å²) in [6.07, 6.45) is 7.13. The van der Waals surface area contributed by atoms with Crippen molar-refractivity contribution in [1.29, 1.82) is 0 Å². The number of anilines is 1. The van der Waals surface area contributed by atoms with E-state index in [1.54, 1.807) is 12.1 Å². The molecule has 0 bridgehead atoms. The Morgan fingerprint density at radius 1 is 1.16 bits per heavy atom. The van der Waals surface area contributed by atoms with Gasteiger partial charge in [-0.1, -0.05) is 50.3 Å². The summed E-state index contributed by atoms with van der Waals surface area (Å²) in [5.74, 6) is 1.27. The molecule has 1 aromatic carbocycles. The molecule has 1 aliphatic heterocycles. The molecule has 0 saturated heterocycles. The van der Waals surface area contributed by atoms with Crippen molar-refractivity contribution < 1.29 is 14.6 Å². The monoisotopic (exact) mass is 366 g/mol. The molecule has 0 spiro atoms. The molecule has 1 atom stereocenters. The third kappa shape index (κ3) is 6.94. The highest BCUT2D eigenvalue weighted by Gasteiger charge is 2.23. The van der Waals surface area contributed by atoms with E-state index in [9.17, 15) is 9.90 Å². The first kappa shape index (κ1) is 19.6. The van der Waals surface area contributed by atoms with Crippen LogP contribution in [0.3, 0.4) is 0 Å². The van der Waals surface area contributed by atoms with Crippen molar-refractivity contribution in [3.63, 3.8) is 0 Å². The van der Waals surface area contributed by atoms with E-state index < -0.39 is 6.09 Å². The number of hydrogen-bond acceptors (Lipinski definition) is 3. The van der Waals surface area contributed by atoms with E-state index in [0.29, 0.717) is 18.2 Å². The van der Waals surface area contributed by atoms with Crippen LogP contribution in [-0.4, -0.2) is 42.2 Å². The van der Waals surface area contributed by atoms with Crippen molar-refractivity contribution in [2.24, 2.45) is 4.99 Å². The first-order valence-corrected chi connectivity index (χ1v) is 9.55. The van der Waals surface area contributed by atoms with Gasteiger partial charge in [0.15, 0.2) is 0 Å². The highest BCUT2D eigenvalue weighted by molar-refractivity contribution is 6.17. The number of rotatable bonds is 11. The second-order valence-electron chi connectivity index (χ2n) is 6.29. The molecule has 0 radical (unpaired) electrons. The van der Waals surface area contributed by atoms with Crippen molar-refractivity contribution in [3.05, 3.63) is 30.3 Å². The molecule has 1 heterocycles. The summed E-state index contributed by atoms with van der Waals surface area (Å²) in [5.41, 5.74) is 0.627.